The Morgan fingerprint density at radius 3 is 2.66 bits per heavy atom. The Kier molecular flexibility index (Phi) is 5.41. The van der Waals surface area contributed by atoms with Crippen LogP contribution in [0.2, 0.25) is 0 Å². The molecule has 1 N–H and O–H groups in total. The number of rotatable bonds is 7. The lowest BCUT2D eigenvalue weighted by Gasteiger charge is -2.37. The van der Waals surface area contributed by atoms with Gasteiger partial charge in [0.2, 0.25) is 5.91 Å². The number of aryl methyl sites for hydroxylation is 1. The molecule has 152 valence electrons. The van der Waals surface area contributed by atoms with Crippen molar-refractivity contribution in [1.82, 2.24) is 20.0 Å². The largest absolute Gasteiger partial charge is 0.336 e. The van der Waals surface area contributed by atoms with Gasteiger partial charge in [-0.05, 0) is 31.7 Å². The molecule has 0 radical (unpaired) electrons. The molecule has 1 aromatic heterocycles. The first-order valence-corrected chi connectivity index (χ1v) is 10.4. The van der Waals surface area contributed by atoms with Crippen molar-refractivity contribution >= 4 is 5.91 Å². The van der Waals surface area contributed by atoms with Crippen LogP contribution >= 0.6 is 0 Å². The fourth-order valence-corrected chi connectivity index (χ4v) is 5.08. The zero-order valence-electron chi connectivity index (χ0n) is 17.2. The van der Waals surface area contributed by atoms with Crippen LogP contribution in [0.4, 0.5) is 0 Å². The molecule has 5 heteroatoms. The number of piperazine rings is 1. The molecule has 5 nitrogen and oxygen atoms in total. The molecule has 0 spiro atoms. The maximum atomic E-state index is 13.3. The number of benzene rings is 1. The zero-order valence-corrected chi connectivity index (χ0v) is 17.2. The summed E-state index contributed by atoms with van der Waals surface area (Å²) in [6.45, 7) is 12.2. The molecule has 2 saturated heterocycles. The molecule has 29 heavy (non-hydrogen) atoms. The van der Waals surface area contributed by atoms with Gasteiger partial charge in [-0.25, -0.2) is 0 Å². The van der Waals surface area contributed by atoms with Crippen LogP contribution in [-0.4, -0.2) is 39.7 Å². The second kappa shape index (κ2) is 7.99. The van der Waals surface area contributed by atoms with Gasteiger partial charge in [0.15, 0.2) is 0 Å². The molecule has 0 saturated carbocycles. The summed E-state index contributed by atoms with van der Waals surface area (Å²) in [5, 5.41) is 8.43. The van der Waals surface area contributed by atoms with E-state index in [4.69, 9.17) is 5.10 Å². The highest BCUT2D eigenvalue weighted by molar-refractivity contribution is 5.86. The number of carbonyl (C=O) groups is 1. The first-order chi connectivity index (χ1) is 14.1. The van der Waals surface area contributed by atoms with Crippen LogP contribution in [0.25, 0.3) is 0 Å². The van der Waals surface area contributed by atoms with Crippen molar-refractivity contribution in [2.75, 3.05) is 13.1 Å². The maximum absolute atomic E-state index is 13.3. The Hall–Kier alpha value is -2.66. The lowest BCUT2D eigenvalue weighted by atomic mass is 9.77. The lowest BCUT2D eigenvalue weighted by Crippen LogP contribution is -2.51. The van der Waals surface area contributed by atoms with Gasteiger partial charge in [-0.1, -0.05) is 42.5 Å². The van der Waals surface area contributed by atoms with Crippen LogP contribution in [0, 0.1) is 12.3 Å². The van der Waals surface area contributed by atoms with Gasteiger partial charge in [0, 0.05) is 24.8 Å². The van der Waals surface area contributed by atoms with Gasteiger partial charge in [-0.2, -0.15) is 5.10 Å². The van der Waals surface area contributed by atoms with E-state index in [0.717, 1.165) is 31.7 Å². The molecular formula is C24H30N4O. The summed E-state index contributed by atoms with van der Waals surface area (Å²) in [6.07, 6.45) is 8.13. The number of carbonyl (C=O) groups excluding carboxylic acids is 1. The summed E-state index contributed by atoms with van der Waals surface area (Å²) >= 11 is 0. The summed E-state index contributed by atoms with van der Waals surface area (Å²) in [4.78, 5) is 15.4. The Morgan fingerprint density at radius 2 is 1.97 bits per heavy atom. The highest BCUT2D eigenvalue weighted by Crippen LogP contribution is 2.47. The molecule has 0 bridgehead atoms. The Bertz CT molecular complexity index is 891. The van der Waals surface area contributed by atoms with E-state index in [1.807, 2.05) is 22.9 Å². The van der Waals surface area contributed by atoms with Crippen molar-refractivity contribution in [1.29, 1.82) is 0 Å². The molecule has 1 amide bonds. The fourth-order valence-electron chi connectivity index (χ4n) is 5.08. The van der Waals surface area contributed by atoms with E-state index < -0.39 is 5.41 Å². The van der Waals surface area contributed by atoms with E-state index in [1.54, 1.807) is 0 Å². The van der Waals surface area contributed by atoms with E-state index in [9.17, 15) is 4.79 Å². The minimum absolute atomic E-state index is 0.105. The van der Waals surface area contributed by atoms with Gasteiger partial charge in [-0.3, -0.25) is 9.48 Å². The molecular weight excluding hydrogens is 360 g/mol. The highest BCUT2D eigenvalue weighted by atomic mass is 16.2. The van der Waals surface area contributed by atoms with Crippen molar-refractivity contribution in [3.63, 3.8) is 0 Å². The number of fused-ring (bicyclic) bond motifs is 1. The number of allylic oxidation sites excluding steroid dienone is 2. The predicted molar refractivity (Wildman–Crippen MR) is 115 cm³/mol. The van der Waals surface area contributed by atoms with E-state index in [-0.39, 0.29) is 18.0 Å². The molecule has 2 aliphatic rings. The summed E-state index contributed by atoms with van der Waals surface area (Å²) in [6, 6.07) is 10.6. The first-order valence-electron chi connectivity index (χ1n) is 10.4. The predicted octanol–water partition coefficient (Wildman–Crippen LogP) is 3.62. The fraction of sp³-hybridized carbons (Fsp3) is 0.417. The number of aromatic nitrogens is 2. The van der Waals surface area contributed by atoms with Crippen LogP contribution in [0.3, 0.4) is 0 Å². The average molecular weight is 391 g/mol. The van der Waals surface area contributed by atoms with E-state index in [0.29, 0.717) is 12.8 Å². The van der Waals surface area contributed by atoms with E-state index >= 15 is 0 Å². The molecule has 0 aliphatic carbocycles. The number of nitrogens with zero attached hydrogens (tertiary/aromatic N) is 3. The van der Waals surface area contributed by atoms with Crippen LogP contribution in [0.5, 0.6) is 0 Å². The quantitative estimate of drug-likeness (QED) is 0.735. The smallest absolute Gasteiger partial charge is 0.229 e. The topological polar surface area (TPSA) is 50.2 Å². The second-order valence-electron chi connectivity index (χ2n) is 8.32. The van der Waals surface area contributed by atoms with Crippen LogP contribution < -0.4 is 5.32 Å². The van der Waals surface area contributed by atoms with Gasteiger partial charge in [0.05, 0.1) is 29.7 Å². The molecule has 2 aromatic rings. The van der Waals surface area contributed by atoms with Crippen LogP contribution in [-0.2, 0) is 11.3 Å². The molecule has 3 heterocycles. The van der Waals surface area contributed by atoms with Gasteiger partial charge in [0.25, 0.3) is 0 Å². The van der Waals surface area contributed by atoms with Crippen molar-refractivity contribution in [2.45, 2.75) is 44.8 Å². The van der Waals surface area contributed by atoms with Gasteiger partial charge >= 0.3 is 0 Å². The number of hydrogen-bond acceptors (Lipinski definition) is 3. The van der Waals surface area contributed by atoms with Crippen LogP contribution in [0.15, 0.2) is 61.8 Å². The molecule has 1 aromatic carbocycles. The third kappa shape index (κ3) is 3.55. The Labute approximate surface area is 173 Å². The molecule has 2 fully saturated rings. The highest BCUT2D eigenvalue weighted by Gasteiger charge is 2.53. The minimum atomic E-state index is -0.396. The molecule has 2 aliphatic heterocycles. The Balaban J connectivity index is 1.61. The summed E-state index contributed by atoms with van der Waals surface area (Å²) in [7, 11) is 0. The van der Waals surface area contributed by atoms with Crippen molar-refractivity contribution in [3.05, 3.63) is 78.7 Å². The maximum Gasteiger partial charge on any atom is 0.229 e. The first kappa shape index (κ1) is 19.6. The summed E-state index contributed by atoms with van der Waals surface area (Å²) in [5.74, 6) is 0.253. The van der Waals surface area contributed by atoms with Gasteiger partial charge in [0.1, 0.15) is 0 Å². The number of amides is 1. The average Bonchev–Trinajstić information content (AvgIpc) is 3.21. The van der Waals surface area contributed by atoms with Crippen LogP contribution in [0.1, 0.15) is 42.1 Å². The molecule has 0 unspecified atom stereocenters. The lowest BCUT2D eigenvalue weighted by molar-refractivity contribution is -0.137. The number of nitrogens with one attached hydrogen (secondary N) is 1. The molecule has 2 atom stereocenters. The second-order valence-corrected chi connectivity index (χ2v) is 8.32. The third-order valence-electron chi connectivity index (χ3n) is 6.39. The third-order valence-corrected chi connectivity index (χ3v) is 6.39. The molecule has 4 rings (SSSR count). The minimum Gasteiger partial charge on any atom is -0.336 e. The van der Waals surface area contributed by atoms with E-state index in [1.165, 1.54) is 11.1 Å². The van der Waals surface area contributed by atoms with E-state index in [2.05, 4.69) is 60.8 Å². The van der Waals surface area contributed by atoms with Crippen molar-refractivity contribution in [3.8, 4) is 0 Å². The monoisotopic (exact) mass is 390 g/mol. The normalized spacial score (nSPS) is 23.1. The summed E-state index contributed by atoms with van der Waals surface area (Å²) in [5.41, 5.74) is 3.05. The number of hydrogen-bond donors (Lipinski definition) is 1. The van der Waals surface area contributed by atoms with Crippen molar-refractivity contribution < 1.29 is 4.79 Å². The van der Waals surface area contributed by atoms with Gasteiger partial charge in [-0.15, -0.1) is 13.2 Å². The SMILES string of the molecule is C=CCC1(CC=C)C[C@H]2[C@H](c3cn(Cc4ccccc4)nc3C)NCCN2C1=O. The van der Waals surface area contributed by atoms with Crippen molar-refractivity contribution in [2.24, 2.45) is 5.41 Å². The summed E-state index contributed by atoms with van der Waals surface area (Å²) < 4.78 is 2.01. The van der Waals surface area contributed by atoms with Gasteiger partial charge < -0.3 is 10.2 Å². The standard InChI is InChI=1S/C24H30N4O/c1-4-11-24(12-5-2)15-21-22(25-13-14-28(21)23(24)29)20-17-27(26-18(20)3)16-19-9-7-6-8-10-19/h4-10,17,21-22,25H,1-2,11-16H2,3H3/t21-,22-/m0/s1. The Morgan fingerprint density at radius 1 is 1.24 bits per heavy atom. The zero-order chi connectivity index (χ0) is 20.4.